The summed E-state index contributed by atoms with van der Waals surface area (Å²) < 4.78 is 0. The maximum absolute atomic E-state index is 12.2. The second kappa shape index (κ2) is 5.38. The first-order valence-corrected chi connectivity index (χ1v) is 6.47. The number of carbonyl (C=O) groups is 2. The SMILES string of the molecule is Cc1cncc(C(=O)NC2(CC(=O)O)CCCC2)c1. The molecule has 1 saturated carbocycles. The molecule has 1 fully saturated rings. The number of carboxylic acid groups (broad SMARTS) is 1. The third-order valence-electron chi connectivity index (χ3n) is 3.57. The van der Waals surface area contributed by atoms with Crippen LogP contribution in [0, 0.1) is 6.92 Å². The van der Waals surface area contributed by atoms with Gasteiger partial charge in [-0.15, -0.1) is 0 Å². The molecule has 1 heterocycles. The largest absolute Gasteiger partial charge is 0.481 e. The molecule has 1 aliphatic rings. The number of nitrogens with zero attached hydrogens (tertiary/aromatic N) is 1. The van der Waals surface area contributed by atoms with Crippen LogP contribution in [0.15, 0.2) is 18.5 Å². The Kier molecular flexibility index (Phi) is 3.83. The highest BCUT2D eigenvalue weighted by Gasteiger charge is 2.37. The third-order valence-corrected chi connectivity index (χ3v) is 3.57. The predicted molar refractivity (Wildman–Crippen MR) is 69.9 cm³/mol. The first kappa shape index (κ1) is 13.5. The average molecular weight is 262 g/mol. The first-order chi connectivity index (χ1) is 9.01. The number of carboxylic acids is 1. The molecule has 19 heavy (non-hydrogen) atoms. The van der Waals surface area contributed by atoms with Crippen LogP contribution in [0.25, 0.3) is 0 Å². The van der Waals surface area contributed by atoms with Crippen molar-refractivity contribution >= 4 is 11.9 Å². The second-order valence-electron chi connectivity index (χ2n) is 5.26. The van der Waals surface area contributed by atoms with Crippen molar-refractivity contribution in [2.24, 2.45) is 0 Å². The predicted octanol–water partition coefficient (Wildman–Crippen LogP) is 1.91. The number of hydrogen-bond donors (Lipinski definition) is 2. The van der Waals surface area contributed by atoms with E-state index in [4.69, 9.17) is 5.11 Å². The smallest absolute Gasteiger partial charge is 0.305 e. The summed E-state index contributed by atoms with van der Waals surface area (Å²) >= 11 is 0. The summed E-state index contributed by atoms with van der Waals surface area (Å²) in [5.74, 6) is -1.11. The van der Waals surface area contributed by atoms with E-state index in [0.29, 0.717) is 5.56 Å². The molecule has 0 saturated heterocycles. The number of rotatable bonds is 4. The lowest BCUT2D eigenvalue weighted by atomic mass is 9.92. The van der Waals surface area contributed by atoms with E-state index in [1.54, 1.807) is 12.3 Å². The van der Waals surface area contributed by atoms with Gasteiger partial charge in [0.25, 0.3) is 5.91 Å². The molecule has 0 spiro atoms. The normalized spacial score (nSPS) is 17.1. The zero-order valence-electron chi connectivity index (χ0n) is 11.0. The Morgan fingerprint density at radius 2 is 2.05 bits per heavy atom. The zero-order valence-corrected chi connectivity index (χ0v) is 11.0. The van der Waals surface area contributed by atoms with Crippen molar-refractivity contribution in [3.05, 3.63) is 29.6 Å². The molecule has 0 radical (unpaired) electrons. The molecular formula is C14H18N2O3. The summed E-state index contributed by atoms with van der Waals surface area (Å²) in [7, 11) is 0. The van der Waals surface area contributed by atoms with Gasteiger partial charge in [-0.25, -0.2) is 0 Å². The molecule has 0 bridgehead atoms. The number of pyridine rings is 1. The average Bonchev–Trinajstić information content (AvgIpc) is 2.76. The Hall–Kier alpha value is -1.91. The van der Waals surface area contributed by atoms with Gasteiger partial charge >= 0.3 is 5.97 Å². The van der Waals surface area contributed by atoms with E-state index < -0.39 is 11.5 Å². The van der Waals surface area contributed by atoms with Gasteiger partial charge in [0, 0.05) is 12.4 Å². The summed E-state index contributed by atoms with van der Waals surface area (Å²) in [6.07, 6.45) is 6.54. The number of aliphatic carboxylic acids is 1. The number of aromatic nitrogens is 1. The second-order valence-corrected chi connectivity index (χ2v) is 5.26. The lowest BCUT2D eigenvalue weighted by molar-refractivity contribution is -0.138. The lowest BCUT2D eigenvalue weighted by Crippen LogP contribution is -2.47. The minimum absolute atomic E-state index is 0.0159. The molecule has 5 nitrogen and oxygen atoms in total. The van der Waals surface area contributed by atoms with Gasteiger partial charge < -0.3 is 10.4 Å². The van der Waals surface area contributed by atoms with Gasteiger partial charge in [0.2, 0.25) is 0 Å². The van der Waals surface area contributed by atoms with Gasteiger partial charge in [-0.2, -0.15) is 0 Å². The highest BCUT2D eigenvalue weighted by atomic mass is 16.4. The number of aryl methyl sites for hydroxylation is 1. The summed E-state index contributed by atoms with van der Waals surface area (Å²) in [5.41, 5.74) is 0.801. The van der Waals surface area contributed by atoms with Crippen molar-refractivity contribution in [3.8, 4) is 0 Å². The summed E-state index contributed by atoms with van der Waals surface area (Å²) in [6, 6.07) is 1.76. The highest BCUT2D eigenvalue weighted by Crippen LogP contribution is 2.32. The van der Waals surface area contributed by atoms with Gasteiger partial charge in [-0.1, -0.05) is 12.8 Å². The van der Waals surface area contributed by atoms with Crippen LogP contribution in [-0.4, -0.2) is 27.5 Å². The van der Waals surface area contributed by atoms with E-state index >= 15 is 0 Å². The molecular weight excluding hydrogens is 244 g/mol. The monoisotopic (exact) mass is 262 g/mol. The molecule has 0 atom stereocenters. The van der Waals surface area contributed by atoms with Crippen molar-refractivity contribution in [1.82, 2.24) is 10.3 Å². The van der Waals surface area contributed by atoms with E-state index in [2.05, 4.69) is 10.3 Å². The molecule has 102 valence electrons. The van der Waals surface area contributed by atoms with E-state index in [1.165, 1.54) is 6.20 Å². The number of hydrogen-bond acceptors (Lipinski definition) is 3. The van der Waals surface area contributed by atoms with Crippen LogP contribution in [0.1, 0.15) is 48.0 Å². The van der Waals surface area contributed by atoms with E-state index in [-0.39, 0.29) is 12.3 Å². The zero-order chi connectivity index (χ0) is 13.9. The van der Waals surface area contributed by atoms with E-state index in [1.807, 2.05) is 6.92 Å². The van der Waals surface area contributed by atoms with Gasteiger partial charge in [-0.05, 0) is 31.4 Å². The van der Waals surface area contributed by atoms with Crippen LogP contribution in [0.4, 0.5) is 0 Å². The highest BCUT2D eigenvalue weighted by molar-refractivity contribution is 5.94. The fourth-order valence-corrected chi connectivity index (χ4v) is 2.68. The molecule has 1 amide bonds. The van der Waals surface area contributed by atoms with E-state index in [0.717, 1.165) is 31.2 Å². The molecule has 2 N–H and O–H groups in total. The summed E-state index contributed by atoms with van der Waals surface area (Å²) in [4.78, 5) is 27.2. The van der Waals surface area contributed by atoms with Gasteiger partial charge in [-0.3, -0.25) is 14.6 Å². The van der Waals surface area contributed by atoms with Crippen molar-refractivity contribution in [2.75, 3.05) is 0 Å². The molecule has 1 aromatic heterocycles. The van der Waals surface area contributed by atoms with Gasteiger partial charge in [0.15, 0.2) is 0 Å². The fourth-order valence-electron chi connectivity index (χ4n) is 2.68. The van der Waals surface area contributed by atoms with Crippen LogP contribution < -0.4 is 5.32 Å². The van der Waals surface area contributed by atoms with Crippen molar-refractivity contribution in [3.63, 3.8) is 0 Å². The minimum atomic E-state index is -0.871. The third kappa shape index (κ3) is 3.30. The lowest BCUT2D eigenvalue weighted by Gasteiger charge is -2.28. The first-order valence-electron chi connectivity index (χ1n) is 6.47. The van der Waals surface area contributed by atoms with Gasteiger partial charge in [0.05, 0.1) is 17.5 Å². The number of nitrogens with one attached hydrogen (secondary N) is 1. The van der Waals surface area contributed by atoms with E-state index in [9.17, 15) is 9.59 Å². The Morgan fingerprint density at radius 1 is 1.37 bits per heavy atom. The summed E-state index contributed by atoms with van der Waals surface area (Å²) in [6.45, 7) is 1.87. The topological polar surface area (TPSA) is 79.3 Å². The molecule has 2 rings (SSSR count). The van der Waals surface area contributed by atoms with Crippen LogP contribution >= 0.6 is 0 Å². The standard InChI is InChI=1S/C14H18N2O3/c1-10-6-11(9-15-8-10)13(19)16-14(7-12(17)18)4-2-3-5-14/h6,8-9H,2-5,7H2,1H3,(H,16,19)(H,17,18). The number of carbonyl (C=O) groups excluding carboxylic acids is 1. The Balaban J connectivity index is 2.13. The Bertz CT molecular complexity index is 493. The van der Waals surface area contributed by atoms with Crippen LogP contribution in [0.5, 0.6) is 0 Å². The van der Waals surface area contributed by atoms with Crippen LogP contribution in [-0.2, 0) is 4.79 Å². The summed E-state index contributed by atoms with van der Waals surface area (Å²) in [5, 5.41) is 11.9. The van der Waals surface area contributed by atoms with Crippen molar-refractivity contribution in [2.45, 2.75) is 44.6 Å². The molecule has 1 aromatic rings. The maximum Gasteiger partial charge on any atom is 0.305 e. The Morgan fingerprint density at radius 3 is 2.63 bits per heavy atom. The molecule has 0 aliphatic heterocycles. The van der Waals surface area contributed by atoms with Gasteiger partial charge in [0.1, 0.15) is 0 Å². The minimum Gasteiger partial charge on any atom is -0.481 e. The quantitative estimate of drug-likeness (QED) is 0.868. The molecule has 1 aliphatic carbocycles. The van der Waals surface area contributed by atoms with Crippen molar-refractivity contribution in [1.29, 1.82) is 0 Å². The molecule has 0 aromatic carbocycles. The number of amides is 1. The van der Waals surface area contributed by atoms with Crippen LogP contribution in [0.3, 0.4) is 0 Å². The molecule has 0 unspecified atom stereocenters. The Labute approximate surface area is 112 Å². The van der Waals surface area contributed by atoms with Crippen molar-refractivity contribution < 1.29 is 14.7 Å². The van der Waals surface area contributed by atoms with Crippen LogP contribution in [0.2, 0.25) is 0 Å². The molecule has 5 heteroatoms. The maximum atomic E-state index is 12.2. The fraction of sp³-hybridized carbons (Fsp3) is 0.500.